The number of hydrogen-bond donors (Lipinski definition) is 1. The summed E-state index contributed by atoms with van der Waals surface area (Å²) in [6.45, 7) is 3.00. The van der Waals surface area contributed by atoms with Gasteiger partial charge in [0.05, 0.1) is 0 Å². The van der Waals surface area contributed by atoms with E-state index in [2.05, 4.69) is 0 Å². The van der Waals surface area contributed by atoms with Crippen molar-refractivity contribution in [2.45, 2.75) is 25.5 Å². The second-order valence-corrected chi connectivity index (χ2v) is 4.70. The standard InChI is InChI=1S/C12H11F2NO4/c1-12(2)9(15(10(16)17)11(18)19-12)6-3-4-7(13)8(14)5-6/h3-5,9H,1-2H3,(H,16,17). The highest BCUT2D eigenvalue weighted by molar-refractivity contribution is 5.89. The molecule has 7 heteroatoms. The Morgan fingerprint density at radius 2 is 2.00 bits per heavy atom. The number of carboxylic acid groups (broad SMARTS) is 1. The van der Waals surface area contributed by atoms with Gasteiger partial charge in [-0.25, -0.2) is 23.3 Å². The van der Waals surface area contributed by atoms with Crippen molar-refractivity contribution in [1.29, 1.82) is 0 Å². The maximum absolute atomic E-state index is 13.2. The summed E-state index contributed by atoms with van der Waals surface area (Å²) in [5.41, 5.74) is -1.02. The first kappa shape index (κ1) is 13.3. The Morgan fingerprint density at radius 1 is 1.37 bits per heavy atom. The molecule has 1 heterocycles. The second kappa shape index (κ2) is 4.18. The van der Waals surface area contributed by atoms with Crippen LogP contribution in [0, 0.1) is 11.6 Å². The van der Waals surface area contributed by atoms with Gasteiger partial charge in [-0.15, -0.1) is 0 Å². The predicted molar refractivity (Wildman–Crippen MR) is 59.5 cm³/mol. The Morgan fingerprint density at radius 3 is 2.53 bits per heavy atom. The fourth-order valence-electron chi connectivity index (χ4n) is 2.17. The summed E-state index contributed by atoms with van der Waals surface area (Å²) in [7, 11) is 0. The smallest absolute Gasteiger partial charge is 0.420 e. The summed E-state index contributed by atoms with van der Waals surface area (Å²) < 4.78 is 31.1. The van der Waals surface area contributed by atoms with Gasteiger partial charge in [0, 0.05) is 0 Å². The monoisotopic (exact) mass is 271 g/mol. The number of cyclic esters (lactones) is 1. The molecule has 1 aromatic carbocycles. The van der Waals surface area contributed by atoms with Crippen molar-refractivity contribution in [3.63, 3.8) is 0 Å². The molecule has 1 N–H and O–H groups in total. The first-order chi connectivity index (χ1) is 8.74. The van der Waals surface area contributed by atoms with Crippen molar-refractivity contribution in [3.05, 3.63) is 35.4 Å². The summed E-state index contributed by atoms with van der Waals surface area (Å²) in [4.78, 5) is 23.1. The minimum absolute atomic E-state index is 0.150. The van der Waals surface area contributed by atoms with Crippen LogP contribution < -0.4 is 0 Å². The van der Waals surface area contributed by atoms with Crippen LogP contribution in [-0.2, 0) is 4.74 Å². The Labute approximate surface area is 107 Å². The number of carbonyl (C=O) groups is 2. The summed E-state index contributed by atoms with van der Waals surface area (Å²) in [5, 5.41) is 9.03. The van der Waals surface area contributed by atoms with Gasteiger partial charge in [-0.05, 0) is 31.5 Å². The quantitative estimate of drug-likeness (QED) is 0.852. The fourth-order valence-corrected chi connectivity index (χ4v) is 2.17. The first-order valence-corrected chi connectivity index (χ1v) is 5.44. The highest BCUT2D eigenvalue weighted by Crippen LogP contribution is 2.41. The van der Waals surface area contributed by atoms with Crippen molar-refractivity contribution >= 4 is 12.2 Å². The van der Waals surface area contributed by atoms with Crippen molar-refractivity contribution in [2.24, 2.45) is 0 Å². The molecule has 102 valence electrons. The number of carbonyl (C=O) groups excluding carboxylic acids is 1. The summed E-state index contributed by atoms with van der Waals surface area (Å²) in [6.07, 6.45) is -2.54. The zero-order chi connectivity index (χ0) is 14.4. The first-order valence-electron chi connectivity index (χ1n) is 5.44. The highest BCUT2D eigenvalue weighted by atomic mass is 19.2. The molecule has 2 rings (SSSR count). The number of ether oxygens (including phenoxy) is 1. The van der Waals surface area contributed by atoms with Crippen LogP contribution in [0.1, 0.15) is 25.5 Å². The molecule has 1 atom stereocenters. The molecule has 0 saturated carbocycles. The third-order valence-corrected chi connectivity index (χ3v) is 2.93. The molecule has 1 aliphatic rings. The topological polar surface area (TPSA) is 66.8 Å². The molecule has 5 nitrogen and oxygen atoms in total. The number of imide groups is 1. The molecule has 0 radical (unpaired) electrons. The normalized spacial score (nSPS) is 21.4. The lowest BCUT2D eigenvalue weighted by Crippen LogP contribution is -2.37. The third-order valence-electron chi connectivity index (χ3n) is 2.93. The average molecular weight is 271 g/mol. The highest BCUT2D eigenvalue weighted by Gasteiger charge is 2.51. The minimum atomic E-state index is -1.51. The average Bonchev–Trinajstić information content (AvgIpc) is 2.52. The lowest BCUT2D eigenvalue weighted by atomic mass is 9.91. The van der Waals surface area contributed by atoms with Gasteiger partial charge in [-0.2, -0.15) is 0 Å². The van der Waals surface area contributed by atoms with Crippen LogP contribution in [0.25, 0.3) is 0 Å². The Balaban J connectivity index is 2.52. The molecule has 2 amide bonds. The number of rotatable bonds is 1. The Kier molecular flexibility index (Phi) is 2.92. The molecule has 1 saturated heterocycles. The molecule has 1 fully saturated rings. The molecule has 0 aromatic heterocycles. The zero-order valence-corrected chi connectivity index (χ0v) is 10.2. The lowest BCUT2D eigenvalue weighted by molar-refractivity contribution is 0.0672. The van der Waals surface area contributed by atoms with E-state index in [1.807, 2.05) is 0 Å². The van der Waals surface area contributed by atoms with Gasteiger partial charge in [0.2, 0.25) is 0 Å². The van der Waals surface area contributed by atoms with Gasteiger partial charge in [0.1, 0.15) is 11.6 Å². The molecule has 0 spiro atoms. The van der Waals surface area contributed by atoms with Crippen LogP contribution in [-0.4, -0.2) is 27.8 Å². The van der Waals surface area contributed by atoms with Gasteiger partial charge in [-0.1, -0.05) is 6.07 Å². The molecule has 1 unspecified atom stereocenters. The lowest BCUT2D eigenvalue weighted by Gasteiger charge is -2.26. The SMILES string of the molecule is CC1(C)OC(=O)N(C(=O)O)C1c1ccc(F)c(F)c1. The van der Waals surface area contributed by atoms with E-state index in [1.165, 1.54) is 19.9 Å². The van der Waals surface area contributed by atoms with Crippen LogP contribution in [0.2, 0.25) is 0 Å². The van der Waals surface area contributed by atoms with Crippen LogP contribution in [0.4, 0.5) is 18.4 Å². The molecule has 0 bridgehead atoms. The number of amides is 2. The van der Waals surface area contributed by atoms with E-state index in [-0.39, 0.29) is 5.56 Å². The van der Waals surface area contributed by atoms with Crippen LogP contribution in [0.15, 0.2) is 18.2 Å². The summed E-state index contributed by atoms with van der Waals surface area (Å²) in [5.74, 6) is -2.16. The van der Waals surface area contributed by atoms with E-state index in [4.69, 9.17) is 9.84 Å². The number of halogens is 2. The van der Waals surface area contributed by atoms with Crippen molar-refractivity contribution in [3.8, 4) is 0 Å². The van der Waals surface area contributed by atoms with Gasteiger partial charge in [0.15, 0.2) is 11.6 Å². The van der Waals surface area contributed by atoms with Crippen LogP contribution >= 0.6 is 0 Å². The predicted octanol–water partition coefficient (Wildman–Crippen LogP) is 2.91. The minimum Gasteiger partial charge on any atom is -0.464 e. The van der Waals surface area contributed by atoms with Gasteiger partial charge < -0.3 is 9.84 Å². The van der Waals surface area contributed by atoms with Gasteiger partial charge in [-0.3, -0.25) is 0 Å². The van der Waals surface area contributed by atoms with E-state index in [9.17, 15) is 18.4 Å². The van der Waals surface area contributed by atoms with Crippen molar-refractivity contribution in [2.75, 3.05) is 0 Å². The van der Waals surface area contributed by atoms with E-state index in [1.54, 1.807) is 0 Å². The molecule has 19 heavy (non-hydrogen) atoms. The maximum Gasteiger partial charge on any atom is 0.420 e. The number of hydrogen-bond acceptors (Lipinski definition) is 3. The summed E-state index contributed by atoms with van der Waals surface area (Å²) in [6, 6.07) is 1.93. The third kappa shape index (κ3) is 2.11. The Bertz CT molecular complexity index is 559. The molecule has 1 aliphatic heterocycles. The van der Waals surface area contributed by atoms with Gasteiger partial charge >= 0.3 is 12.2 Å². The van der Waals surface area contributed by atoms with Crippen LogP contribution in [0.3, 0.4) is 0 Å². The van der Waals surface area contributed by atoms with Crippen molar-refractivity contribution in [1.82, 2.24) is 4.90 Å². The van der Waals surface area contributed by atoms with Crippen LogP contribution in [0.5, 0.6) is 0 Å². The molecular formula is C12H11F2NO4. The largest absolute Gasteiger partial charge is 0.464 e. The molecular weight excluding hydrogens is 260 g/mol. The van der Waals surface area contributed by atoms with E-state index < -0.39 is 35.5 Å². The number of benzene rings is 1. The van der Waals surface area contributed by atoms with Gasteiger partial charge in [0.25, 0.3) is 0 Å². The van der Waals surface area contributed by atoms with E-state index in [0.29, 0.717) is 4.90 Å². The Hall–Kier alpha value is -2.18. The van der Waals surface area contributed by atoms with E-state index in [0.717, 1.165) is 12.1 Å². The zero-order valence-electron chi connectivity index (χ0n) is 10.2. The van der Waals surface area contributed by atoms with Crippen molar-refractivity contribution < 1.29 is 28.2 Å². The summed E-state index contributed by atoms with van der Waals surface area (Å²) >= 11 is 0. The molecule has 0 aliphatic carbocycles. The van der Waals surface area contributed by atoms with E-state index >= 15 is 0 Å². The maximum atomic E-state index is 13.2. The number of nitrogens with zero attached hydrogens (tertiary/aromatic N) is 1. The fraction of sp³-hybridized carbons (Fsp3) is 0.333. The molecule has 1 aromatic rings. The second-order valence-electron chi connectivity index (χ2n) is 4.70.